The molecule has 138 valence electrons. The zero-order valence-electron chi connectivity index (χ0n) is 13.8. The molecule has 0 spiro atoms. The largest absolute Gasteiger partial charge is 0.388 e. The summed E-state index contributed by atoms with van der Waals surface area (Å²) in [6, 6.07) is 5.46. The Bertz CT molecular complexity index is 1020. The molecule has 1 aliphatic carbocycles. The van der Waals surface area contributed by atoms with Gasteiger partial charge in [0, 0.05) is 10.6 Å². The summed E-state index contributed by atoms with van der Waals surface area (Å²) in [5.74, 6) is -0.516. The second kappa shape index (κ2) is 6.96. The van der Waals surface area contributed by atoms with E-state index in [1.807, 2.05) is 0 Å². The monoisotopic (exact) mass is 459 g/mol. The molecule has 0 heterocycles. The zero-order valence-corrected chi connectivity index (χ0v) is 17.0. The molecule has 26 heavy (non-hydrogen) atoms. The van der Waals surface area contributed by atoms with Gasteiger partial charge in [0.25, 0.3) is 10.0 Å². The maximum atomic E-state index is 13.8. The Balaban J connectivity index is 2.12. The van der Waals surface area contributed by atoms with Gasteiger partial charge in [0.1, 0.15) is 5.82 Å². The van der Waals surface area contributed by atoms with Crippen LogP contribution in [-0.2, 0) is 16.4 Å². The molecular formula is C18H16BrClFNO3S. The standard InChI is InChI=1S/C18H16BrClFNO3S/c1-9(2)17-14(5-4-13(21)18(17)19)22-26(24,25)16-8-10(20)7-12-11(16)3-6-15(12)23/h4-5,7-8,15,22-23H,1,3,6H2,2H3. The van der Waals surface area contributed by atoms with Crippen LogP contribution in [0.4, 0.5) is 10.1 Å². The van der Waals surface area contributed by atoms with Crippen LogP contribution >= 0.6 is 27.5 Å². The fourth-order valence-corrected chi connectivity index (χ4v) is 5.50. The summed E-state index contributed by atoms with van der Waals surface area (Å²) in [5.41, 5.74) is 2.12. The summed E-state index contributed by atoms with van der Waals surface area (Å²) >= 11 is 9.20. The van der Waals surface area contributed by atoms with Gasteiger partial charge in [-0.05, 0) is 76.7 Å². The van der Waals surface area contributed by atoms with E-state index in [-0.39, 0.29) is 20.1 Å². The Morgan fingerprint density at radius 1 is 1.42 bits per heavy atom. The molecule has 1 atom stereocenters. The van der Waals surface area contributed by atoms with Crippen molar-refractivity contribution in [2.75, 3.05) is 4.72 Å². The second-order valence-corrected chi connectivity index (χ2v) is 9.08. The lowest BCUT2D eigenvalue weighted by Crippen LogP contribution is -2.16. The molecule has 1 aliphatic rings. The number of aliphatic hydroxyl groups is 1. The first kappa shape index (κ1) is 19.4. The quantitative estimate of drug-likeness (QED) is 0.670. The fourth-order valence-electron chi connectivity index (χ4n) is 3.13. The van der Waals surface area contributed by atoms with Crippen molar-refractivity contribution in [2.45, 2.75) is 30.8 Å². The highest BCUT2D eigenvalue weighted by atomic mass is 79.9. The van der Waals surface area contributed by atoms with Crippen LogP contribution in [0.2, 0.25) is 5.02 Å². The molecule has 8 heteroatoms. The number of sulfonamides is 1. The predicted octanol–water partition coefficient (Wildman–Crippen LogP) is 5.06. The molecule has 0 radical (unpaired) electrons. The van der Waals surface area contributed by atoms with E-state index >= 15 is 0 Å². The van der Waals surface area contributed by atoms with Crippen molar-refractivity contribution in [1.29, 1.82) is 0 Å². The summed E-state index contributed by atoms with van der Waals surface area (Å²) in [5, 5.41) is 10.3. The lowest BCUT2D eigenvalue weighted by Gasteiger charge is -2.17. The molecule has 1 unspecified atom stereocenters. The molecule has 0 aliphatic heterocycles. The third-order valence-corrected chi connectivity index (χ3v) is 6.72. The van der Waals surface area contributed by atoms with Crippen molar-refractivity contribution >= 4 is 48.8 Å². The first-order chi connectivity index (χ1) is 12.1. The number of nitrogens with one attached hydrogen (secondary N) is 1. The number of aliphatic hydroxyl groups excluding tert-OH is 1. The second-order valence-electron chi connectivity index (χ2n) is 6.20. The third kappa shape index (κ3) is 3.41. The number of allylic oxidation sites excluding steroid dienone is 1. The molecule has 0 amide bonds. The van der Waals surface area contributed by atoms with Crippen LogP contribution in [0.25, 0.3) is 5.57 Å². The molecule has 0 saturated carbocycles. The van der Waals surface area contributed by atoms with E-state index in [4.69, 9.17) is 11.6 Å². The van der Waals surface area contributed by atoms with Crippen LogP contribution in [0.5, 0.6) is 0 Å². The SMILES string of the molecule is C=C(C)c1c(NS(=O)(=O)c2cc(Cl)cc3c2CCC3O)ccc(F)c1Br. The first-order valence-corrected chi connectivity index (χ1v) is 10.4. The Morgan fingerprint density at radius 2 is 2.12 bits per heavy atom. The Hall–Kier alpha value is -1.41. The Morgan fingerprint density at radius 3 is 2.77 bits per heavy atom. The molecule has 4 nitrogen and oxygen atoms in total. The minimum atomic E-state index is -4.00. The van der Waals surface area contributed by atoms with Crippen molar-refractivity contribution < 1.29 is 17.9 Å². The van der Waals surface area contributed by atoms with E-state index < -0.39 is 21.9 Å². The minimum absolute atomic E-state index is 0.0182. The summed E-state index contributed by atoms with van der Waals surface area (Å²) in [7, 11) is -4.00. The molecule has 2 aromatic rings. The van der Waals surface area contributed by atoms with Gasteiger partial charge in [-0.2, -0.15) is 0 Å². The average molecular weight is 461 g/mol. The van der Waals surface area contributed by atoms with E-state index in [9.17, 15) is 17.9 Å². The molecule has 0 fully saturated rings. The molecular weight excluding hydrogens is 445 g/mol. The van der Waals surface area contributed by atoms with E-state index in [1.165, 1.54) is 18.2 Å². The molecule has 2 aromatic carbocycles. The molecule has 0 bridgehead atoms. The van der Waals surface area contributed by atoms with E-state index in [2.05, 4.69) is 27.2 Å². The molecule has 0 saturated heterocycles. The molecule has 0 aromatic heterocycles. The lowest BCUT2D eigenvalue weighted by atomic mass is 10.1. The summed E-state index contributed by atoms with van der Waals surface area (Å²) in [6.07, 6.45) is 0.144. The van der Waals surface area contributed by atoms with Gasteiger partial charge < -0.3 is 5.11 Å². The number of anilines is 1. The van der Waals surface area contributed by atoms with Gasteiger partial charge >= 0.3 is 0 Å². The van der Waals surface area contributed by atoms with Crippen LogP contribution in [0.15, 0.2) is 40.2 Å². The van der Waals surface area contributed by atoms with E-state index in [0.29, 0.717) is 35.1 Å². The Labute approximate surface area is 164 Å². The highest BCUT2D eigenvalue weighted by Crippen LogP contribution is 2.39. The topological polar surface area (TPSA) is 66.4 Å². The maximum absolute atomic E-state index is 13.8. The van der Waals surface area contributed by atoms with Gasteiger partial charge in [0.15, 0.2) is 0 Å². The number of rotatable bonds is 4. The van der Waals surface area contributed by atoms with Gasteiger partial charge in [0.2, 0.25) is 0 Å². The van der Waals surface area contributed by atoms with Crippen molar-refractivity contribution in [3.8, 4) is 0 Å². The summed E-state index contributed by atoms with van der Waals surface area (Å²) < 4.78 is 42.5. The van der Waals surface area contributed by atoms with Crippen molar-refractivity contribution in [3.05, 3.63) is 62.8 Å². The fraction of sp³-hybridized carbons (Fsp3) is 0.222. The Kier molecular flexibility index (Phi) is 5.18. The molecule has 2 N–H and O–H groups in total. The van der Waals surface area contributed by atoms with Crippen LogP contribution in [0, 0.1) is 5.82 Å². The van der Waals surface area contributed by atoms with Crippen LogP contribution < -0.4 is 4.72 Å². The van der Waals surface area contributed by atoms with Gasteiger partial charge in [-0.1, -0.05) is 18.2 Å². The number of hydrogen-bond acceptors (Lipinski definition) is 3. The van der Waals surface area contributed by atoms with E-state index in [1.54, 1.807) is 13.0 Å². The highest BCUT2D eigenvalue weighted by molar-refractivity contribution is 9.10. The van der Waals surface area contributed by atoms with Crippen molar-refractivity contribution in [1.82, 2.24) is 0 Å². The first-order valence-electron chi connectivity index (χ1n) is 7.79. The van der Waals surface area contributed by atoms with Crippen molar-refractivity contribution in [3.63, 3.8) is 0 Å². The summed E-state index contributed by atoms with van der Waals surface area (Å²) in [6.45, 7) is 5.44. The van der Waals surface area contributed by atoms with Crippen LogP contribution in [0.3, 0.4) is 0 Å². The average Bonchev–Trinajstić information content (AvgIpc) is 2.91. The number of benzene rings is 2. The van der Waals surface area contributed by atoms with Crippen LogP contribution in [-0.4, -0.2) is 13.5 Å². The van der Waals surface area contributed by atoms with Crippen molar-refractivity contribution in [2.24, 2.45) is 0 Å². The maximum Gasteiger partial charge on any atom is 0.262 e. The normalized spacial score (nSPS) is 16.4. The van der Waals surface area contributed by atoms with Gasteiger partial charge in [-0.25, -0.2) is 12.8 Å². The highest BCUT2D eigenvalue weighted by Gasteiger charge is 2.30. The smallest absolute Gasteiger partial charge is 0.262 e. The van der Waals surface area contributed by atoms with E-state index in [0.717, 1.165) is 0 Å². The van der Waals surface area contributed by atoms with Gasteiger partial charge in [-0.3, -0.25) is 4.72 Å². The lowest BCUT2D eigenvalue weighted by molar-refractivity contribution is 0.180. The number of hydrogen-bond donors (Lipinski definition) is 2. The minimum Gasteiger partial charge on any atom is -0.388 e. The van der Waals surface area contributed by atoms with Gasteiger partial charge in [-0.15, -0.1) is 0 Å². The predicted molar refractivity (Wildman–Crippen MR) is 104 cm³/mol. The molecule has 3 rings (SSSR count). The van der Waals surface area contributed by atoms with Crippen LogP contribution in [0.1, 0.15) is 36.1 Å². The number of fused-ring (bicyclic) bond motifs is 1. The number of halogens is 3. The summed E-state index contributed by atoms with van der Waals surface area (Å²) in [4.78, 5) is 0.0182. The zero-order chi connectivity index (χ0) is 19.2. The third-order valence-electron chi connectivity index (χ3n) is 4.29. The van der Waals surface area contributed by atoms with Gasteiger partial charge in [0.05, 0.1) is 21.2 Å².